The molecule has 1 aromatic heterocycles. The molecule has 0 aliphatic rings. The summed E-state index contributed by atoms with van der Waals surface area (Å²) in [6.07, 6.45) is 1.78. The molecule has 3 rings (SSSR count). The van der Waals surface area contributed by atoms with Gasteiger partial charge in [-0.05, 0) is 36.4 Å². The molecule has 0 radical (unpaired) electrons. The fraction of sp³-hybridized carbons (Fsp3) is 0.105. The van der Waals surface area contributed by atoms with Crippen molar-refractivity contribution in [2.24, 2.45) is 0 Å². The first kappa shape index (κ1) is 14.1. The van der Waals surface area contributed by atoms with Gasteiger partial charge in [-0.2, -0.15) is 0 Å². The van der Waals surface area contributed by atoms with Crippen LogP contribution in [0.15, 0.2) is 76.6 Å². The van der Waals surface area contributed by atoms with Crippen molar-refractivity contribution in [2.75, 3.05) is 4.90 Å². The van der Waals surface area contributed by atoms with E-state index >= 15 is 0 Å². The summed E-state index contributed by atoms with van der Waals surface area (Å²) in [7, 11) is 0. The highest BCUT2D eigenvalue weighted by atomic mass is 16.4. The molecule has 0 saturated carbocycles. The number of benzene rings is 2. The minimum atomic E-state index is -0.324. The predicted octanol–water partition coefficient (Wildman–Crippen LogP) is 4.25. The first-order valence-corrected chi connectivity index (χ1v) is 7.15. The number of hydrogen-bond donors (Lipinski definition) is 0. The molecule has 0 fully saturated rings. The topological polar surface area (TPSA) is 33.5 Å². The highest BCUT2D eigenvalue weighted by molar-refractivity contribution is 5.83. The SMILES string of the molecule is C=CN(Cc1ccccc1)c1ccc2c(C)cc(=O)oc2c1. The Morgan fingerprint density at radius 3 is 2.64 bits per heavy atom. The molecule has 1 heterocycles. The molecule has 0 bridgehead atoms. The molecular formula is C19H17NO2. The third-order valence-corrected chi connectivity index (χ3v) is 3.68. The molecule has 0 N–H and O–H groups in total. The average Bonchev–Trinajstić information content (AvgIpc) is 2.53. The van der Waals surface area contributed by atoms with Gasteiger partial charge in [0.2, 0.25) is 0 Å². The molecule has 22 heavy (non-hydrogen) atoms. The summed E-state index contributed by atoms with van der Waals surface area (Å²) >= 11 is 0. The Bertz CT molecular complexity index is 865. The van der Waals surface area contributed by atoms with Crippen molar-refractivity contribution in [1.29, 1.82) is 0 Å². The average molecular weight is 291 g/mol. The number of aryl methyl sites for hydroxylation is 1. The third-order valence-electron chi connectivity index (χ3n) is 3.68. The van der Waals surface area contributed by atoms with Crippen molar-refractivity contribution >= 4 is 16.7 Å². The van der Waals surface area contributed by atoms with Gasteiger partial charge >= 0.3 is 5.63 Å². The summed E-state index contributed by atoms with van der Waals surface area (Å²) in [5.41, 5.74) is 3.33. The molecule has 0 spiro atoms. The lowest BCUT2D eigenvalue weighted by Crippen LogP contribution is -2.14. The zero-order valence-electron chi connectivity index (χ0n) is 12.5. The Balaban J connectivity index is 2.00. The van der Waals surface area contributed by atoms with E-state index in [9.17, 15) is 4.79 Å². The fourth-order valence-corrected chi connectivity index (χ4v) is 2.53. The van der Waals surface area contributed by atoms with Crippen LogP contribution in [0.25, 0.3) is 11.0 Å². The highest BCUT2D eigenvalue weighted by Crippen LogP contribution is 2.24. The molecule has 2 aromatic carbocycles. The number of rotatable bonds is 4. The van der Waals surface area contributed by atoms with E-state index in [1.807, 2.05) is 48.2 Å². The molecule has 3 nitrogen and oxygen atoms in total. The normalized spacial score (nSPS) is 10.6. The molecule has 3 aromatic rings. The van der Waals surface area contributed by atoms with Gasteiger partial charge in [-0.25, -0.2) is 4.79 Å². The maximum Gasteiger partial charge on any atom is 0.336 e. The summed E-state index contributed by atoms with van der Waals surface area (Å²) in [5.74, 6) is 0. The van der Waals surface area contributed by atoms with E-state index in [1.165, 1.54) is 11.6 Å². The Morgan fingerprint density at radius 2 is 1.91 bits per heavy atom. The van der Waals surface area contributed by atoms with Crippen LogP contribution in [0.3, 0.4) is 0 Å². The molecule has 0 amide bonds. The Hall–Kier alpha value is -2.81. The molecule has 0 aliphatic carbocycles. The van der Waals surface area contributed by atoms with Gasteiger partial charge in [-0.3, -0.25) is 0 Å². The number of fused-ring (bicyclic) bond motifs is 1. The monoisotopic (exact) mass is 291 g/mol. The van der Waals surface area contributed by atoms with E-state index in [-0.39, 0.29) is 5.63 Å². The Morgan fingerprint density at radius 1 is 1.14 bits per heavy atom. The summed E-state index contributed by atoms with van der Waals surface area (Å²) in [4.78, 5) is 13.6. The van der Waals surface area contributed by atoms with Crippen LogP contribution in [0.2, 0.25) is 0 Å². The minimum Gasteiger partial charge on any atom is -0.423 e. The second kappa shape index (κ2) is 5.90. The van der Waals surface area contributed by atoms with Crippen molar-refractivity contribution in [2.45, 2.75) is 13.5 Å². The van der Waals surface area contributed by atoms with Crippen LogP contribution in [0.4, 0.5) is 5.69 Å². The van der Waals surface area contributed by atoms with Crippen LogP contribution < -0.4 is 10.5 Å². The first-order valence-electron chi connectivity index (χ1n) is 7.15. The van der Waals surface area contributed by atoms with Crippen molar-refractivity contribution in [3.05, 3.63) is 88.9 Å². The van der Waals surface area contributed by atoms with E-state index < -0.39 is 0 Å². The van der Waals surface area contributed by atoms with Crippen LogP contribution in [-0.4, -0.2) is 0 Å². The van der Waals surface area contributed by atoms with Gasteiger partial charge in [0, 0.05) is 29.8 Å². The van der Waals surface area contributed by atoms with Crippen molar-refractivity contribution in [1.82, 2.24) is 0 Å². The maximum atomic E-state index is 11.5. The second-order valence-electron chi connectivity index (χ2n) is 5.22. The number of anilines is 1. The minimum absolute atomic E-state index is 0.324. The van der Waals surface area contributed by atoms with Gasteiger partial charge in [0.25, 0.3) is 0 Å². The smallest absolute Gasteiger partial charge is 0.336 e. The van der Waals surface area contributed by atoms with Crippen LogP contribution in [0.5, 0.6) is 0 Å². The number of hydrogen-bond acceptors (Lipinski definition) is 3. The zero-order valence-corrected chi connectivity index (χ0v) is 12.5. The molecule has 0 unspecified atom stereocenters. The molecule has 3 heteroatoms. The maximum absolute atomic E-state index is 11.5. The van der Waals surface area contributed by atoms with Gasteiger partial charge in [-0.15, -0.1) is 0 Å². The molecule has 110 valence electrons. The van der Waals surface area contributed by atoms with E-state index in [1.54, 1.807) is 6.20 Å². The summed E-state index contributed by atoms with van der Waals surface area (Å²) in [6.45, 7) is 6.51. The lowest BCUT2D eigenvalue weighted by atomic mass is 10.1. The van der Waals surface area contributed by atoms with E-state index in [0.29, 0.717) is 12.1 Å². The van der Waals surface area contributed by atoms with E-state index in [2.05, 4.69) is 18.7 Å². The van der Waals surface area contributed by atoms with E-state index in [0.717, 1.165) is 16.6 Å². The predicted molar refractivity (Wildman–Crippen MR) is 90.0 cm³/mol. The van der Waals surface area contributed by atoms with E-state index in [4.69, 9.17) is 4.42 Å². The fourth-order valence-electron chi connectivity index (χ4n) is 2.53. The zero-order chi connectivity index (χ0) is 15.5. The summed E-state index contributed by atoms with van der Waals surface area (Å²) < 4.78 is 5.31. The van der Waals surface area contributed by atoms with Gasteiger partial charge in [-0.1, -0.05) is 36.9 Å². The second-order valence-corrected chi connectivity index (χ2v) is 5.22. The van der Waals surface area contributed by atoms with Gasteiger partial charge in [0.15, 0.2) is 0 Å². The van der Waals surface area contributed by atoms with Crippen molar-refractivity contribution in [3.63, 3.8) is 0 Å². The van der Waals surface area contributed by atoms with Crippen LogP contribution >= 0.6 is 0 Å². The summed E-state index contributed by atoms with van der Waals surface area (Å²) in [5, 5.41) is 0.951. The van der Waals surface area contributed by atoms with Crippen molar-refractivity contribution in [3.8, 4) is 0 Å². The number of nitrogens with zero attached hydrogens (tertiary/aromatic N) is 1. The highest BCUT2D eigenvalue weighted by Gasteiger charge is 2.08. The van der Waals surface area contributed by atoms with Gasteiger partial charge in [0.05, 0.1) is 0 Å². The quantitative estimate of drug-likeness (QED) is 0.674. The molecule has 0 saturated heterocycles. The first-order chi connectivity index (χ1) is 10.7. The largest absolute Gasteiger partial charge is 0.423 e. The summed E-state index contributed by atoms with van der Waals surface area (Å²) in [6, 6.07) is 17.5. The molecule has 0 aliphatic heterocycles. The Labute approximate surface area is 129 Å². The van der Waals surface area contributed by atoms with Crippen LogP contribution in [0.1, 0.15) is 11.1 Å². The van der Waals surface area contributed by atoms with Gasteiger partial charge in [0.1, 0.15) is 5.58 Å². The Kier molecular flexibility index (Phi) is 3.79. The van der Waals surface area contributed by atoms with Gasteiger partial charge < -0.3 is 9.32 Å². The lowest BCUT2D eigenvalue weighted by molar-refractivity contribution is 0.560. The van der Waals surface area contributed by atoms with Crippen LogP contribution in [0, 0.1) is 6.92 Å². The van der Waals surface area contributed by atoms with Crippen molar-refractivity contribution < 1.29 is 4.42 Å². The molecule has 0 atom stereocenters. The third kappa shape index (κ3) is 2.79. The standard InChI is InChI=1S/C19H17NO2/c1-3-20(13-15-7-5-4-6-8-15)16-9-10-17-14(2)11-19(21)22-18(17)12-16/h3-12H,1,13H2,2H3. The lowest BCUT2D eigenvalue weighted by Gasteiger charge is -2.20. The van der Waals surface area contributed by atoms with Crippen LogP contribution in [-0.2, 0) is 6.54 Å². The molecular weight excluding hydrogens is 274 g/mol.